The predicted octanol–water partition coefficient (Wildman–Crippen LogP) is 2.73. The molecule has 0 nitrogen and oxygen atoms in total. The summed E-state index contributed by atoms with van der Waals surface area (Å²) >= 11 is 0. The Morgan fingerprint density at radius 3 is 2.30 bits per heavy atom. The van der Waals surface area contributed by atoms with Crippen molar-refractivity contribution >= 4 is 0 Å². The summed E-state index contributed by atoms with van der Waals surface area (Å²) in [4.78, 5) is 0. The molecule has 0 saturated heterocycles. The molecule has 10 heavy (non-hydrogen) atoms. The van der Waals surface area contributed by atoms with Crippen molar-refractivity contribution < 1.29 is 8.78 Å². The van der Waals surface area contributed by atoms with Crippen LogP contribution in [-0.4, -0.2) is 12.3 Å². The highest BCUT2D eigenvalue weighted by Crippen LogP contribution is 2.43. The molecule has 1 saturated carbocycles. The fourth-order valence-electron chi connectivity index (χ4n) is 1.34. The minimum absolute atomic E-state index is 0.0923. The van der Waals surface area contributed by atoms with E-state index in [9.17, 15) is 8.78 Å². The van der Waals surface area contributed by atoms with Crippen LogP contribution in [0.1, 0.15) is 26.7 Å². The molecule has 0 amide bonds. The summed E-state index contributed by atoms with van der Waals surface area (Å²) in [5, 5.41) is 0. The van der Waals surface area contributed by atoms with Crippen molar-refractivity contribution in [2.45, 2.75) is 39.0 Å². The van der Waals surface area contributed by atoms with Crippen LogP contribution < -0.4 is 0 Å². The third-order valence-electron chi connectivity index (χ3n) is 2.19. The van der Waals surface area contributed by atoms with Gasteiger partial charge in [0, 0.05) is 6.42 Å². The van der Waals surface area contributed by atoms with Crippen molar-refractivity contribution in [3.63, 3.8) is 0 Å². The predicted molar refractivity (Wildman–Crippen MR) is 37.4 cm³/mol. The molecule has 1 aliphatic carbocycles. The summed E-state index contributed by atoms with van der Waals surface area (Å²) in [6.07, 6.45) is -0.833. The summed E-state index contributed by atoms with van der Waals surface area (Å²) in [6, 6.07) is 0. The van der Waals surface area contributed by atoms with Crippen LogP contribution >= 0.6 is 0 Å². The smallest absolute Gasteiger partial charge is 0.106 e. The molecule has 1 rings (SSSR count). The summed E-state index contributed by atoms with van der Waals surface area (Å²) < 4.78 is 25.1. The van der Waals surface area contributed by atoms with Crippen LogP contribution in [0.25, 0.3) is 0 Å². The molecule has 0 aromatic carbocycles. The largest absolute Gasteiger partial charge is 0.248 e. The molecule has 2 heteroatoms. The zero-order valence-corrected chi connectivity index (χ0v) is 6.48. The Labute approximate surface area is 60.6 Å². The van der Waals surface area contributed by atoms with Gasteiger partial charge >= 0.3 is 0 Å². The lowest BCUT2D eigenvalue weighted by Crippen LogP contribution is -2.10. The minimum Gasteiger partial charge on any atom is -0.248 e. The standard InChI is InChI=1S/C8H14F2/c1-5-3-7(5)8(10)4-6(2)9/h5-8H,3-4H2,1-2H3. The maximum absolute atomic E-state index is 12.8. The van der Waals surface area contributed by atoms with Crippen LogP contribution in [0.3, 0.4) is 0 Å². The van der Waals surface area contributed by atoms with Crippen molar-refractivity contribution in [3.8, 4) is 0 Å². The van der Waals surface area contributed by atoms with E-state index in [1.807, 2.05) is 6.92 Å². The maximum atomic E-state index is 12.8. The first kappa shape index (κ1) is 7.96. The Hall–Kier alpha value is -0.140. The molecule has 1 fully saturated rings. The van der Waals surface area contributed by atoms with E-state index in [1.54, 1.807) is 0 Å². The second-order valence-electron chi connectivity index (χ2n) is 3.41. The van der Waals surface area contributed by atoms with Gasteiger partial charge in [0.25, 0.3) is 0 Å². The first-order chi connectivity index (χ1) is 4.61. The quantitative estimate of drug-likeness (QED) is 0.577. The van der Waals surface area contributed by atoms with Crippen molar-refractivity contribution in [3.05, 3.63) is 0 Å². The van der Waals surface area contributed by atoms with E-state index in [0.717, 1.165) is 6.42 Å². The van der Waals surface area contributed by atoms with E-state index in [0.29, 0.717) is 5.92 Å². The zero-order valence-electron chi connectivity index (χ0n) is 6.48. The first-order valence-electron chi connectivity index (χ1n) is 3.89. The Balaban J connectivity index is 2.16. The third kappa shape index (κ3) is 1.93. The Kier molecular flexibility index (Phi) is 2.27. The maximum Gasteiger partial charge on any atom is 0.106 e. The fourth-order valence-corrected chi connectivity index (χ4v) is 1.34. The van der Waals surface area contributed by atoms with Gasteiger partial charge in [-0.25, -0.2) is 8.78 Å². The van der Waals surface area contributed by atoms with E-state index in [2.05, 4.69) is 0 Å². The monoisotopic (exact) mass is 148 g/mol. The van der Waals surface area contributed by atoms with E-state index in [4.69, 9.17) is 0 Å². The van der Waals surface area contributed by atoms with Crippen LogP contribution in [-0.2, 0) is 0 Å². The summed E-state index contributed by atoms with van der Waals surface area (Å²) in [5.41, 5.74) is 0. The number of halogens is 2. The van der Waals surface area contributed by atoms with Crippen LogP contribution in [0.2, 0.25) is 0 Å². The van der Waals surface area contributed by atoms with Gasteiger partial charge in [0.15, 0.2) is 0 Å². The molecular formula is C8H14F2. The topological polar surface area (TPSA) is 0 Å². The summed E-state index contributed by atoms with van der Waals surface area (Å²) in [6.45, 7) is 3.43. The molecule has 0 aromatic heterocycles. The highest BCUT2D eigenvalue weighted by molar-refractivity contribution is 4.88. The van der Waals surface area contributed by atoms with Gasteiger partial charge in [-0.1, -0.05) is 6.92 Å². The van der Waals surface area contributed by atoms with Crippen LogP contribution in [0.5, 0.6) is 0 Å². The normalized spacial score (nSPS) is 37.2. The van der Waals surface area contributed by atoms with Crippen LogP contribution in [0, 0.1) is 11.8 Å². The number of hydrogen-bond acceptors (Lipinski definition) is 0. The molecule has 60 valence electrons. The summed E-state index contributed by atoms with van der Waals surface area (Å²) in [7, 11) is 0. The van der Waals surface area contributed by atoms with Crippen molar-refractivity contribution in [2.75, 3.05) is 0 Å². The number of rotatable bonds is 3. The number of alkyl halides is 2. The first-order valence-corrected chi connectivity index (χ1v) is 3.89. The Bertz CT molecular complexity index is 112. The van der Waals surface area contributed by atoms with Gasteiger partial charge in [-0.3, -0.25) is 0 Å². The Morgan fingerprint density at radius 2 is 2.00 bits per heavy atom. The summed E-state index contributed by atoms with van der Waals surface area (Å²) in [5.74, 6) is 0.659. The Morgan fingerprint density at radius 1 is 1.50 bits per heavy atom. The van der Waals surface area contributed by atoms with Gasteiger partial charge < -0.3 is 0 Å². The lowest BCUT2D eigenvalue weighted by Gasteiger charge is -2.06. The van der Waals surface area contributed by atoms with Gasteiger partial charge in [-0.2, -0.15) is 0 Å². The zero-order chi connectivity index (χ0) is 7.72. The lowest BCUT2D eigenvalue weighted by molar-refractivity contribution is 0.206. The van der Waals surface area contributed by atoms with Gasteiger partial charge in [0.05, 0.1) is 0 Å². The molecule has 0 N–H and O–H groups in total. The van der Waals surface area contributed by atoms with Crippen LogP contribution in [0.15, 0.2) is 0 Å². The van der Waals surface area contributed by atoms with Gasteiger partial charge in [0.1, 0.15) is 12.3 Å². The number of hydrogen-bond donors (Lipinski definition) is 0. The molecule has 4 atom stereocenters. The van der Waals surface area contributed by atoms with E-state index >= 15 is 0 Å². The molecule has 0 aromatic rings. The molecular weight excluding hydrogens is 134 g/mol. The minimum atomic E-state index is -0.984. The molecule has 1 aliphatic rings. The molecule has 0 radical (unpaired) electrons. The average Bonchev–Trinajstić information content (AvgIpc) is 2.44. The van der Waals surface area contributed by atoms with E-state index in [-0.39, 0.29) is 12.3 Å². The van der Waals surface area contributed by atoms with E-state index < -0.39 is 12.3 Å². The molecule has 0 heterocycles. The van der Waals surface area contributed by atoms with E-state index in [1.165, 1.54) is 6.92 Å². The van der Waals surface area contributed by atoms with Crippen LogP contribution in [0.4, 0.5) is 8.78 Å². The SMILES string of the molecule is CC(F)CC(F)C1CC1C. The second-order valence-corrected chi connectivity index (χ2v) is 3.41. The highest BCUT2D eigenvalue weighted by atomic mass is 19.1. The second kappa shape index (κ2) is 2.85. The molecule has 0 aliphatic heterocycles. The van der Waals surface area contributed by atoms with Crippen molar-refractivity contribution in [1.82, 2.24) is 0 Å². The van der Waals surface area contributed by atoms with Crippen molar-refractivity contribution in [1.29, 1.82) is 0 Å². The van der Waals surface area contributed by atoms with Gasteiger partial charge in [-0.05, 0) is 25.2 Å². The fraction of sp³-hybridized carbons (Fsp3) is 1.00. The average molecular weight is 148 g/mol. The lowest BCUT2D eigenvalue weighted by atomic mass is 10.1. The molecule has 4 unspecified atom stereocenters. The van der Waals surface area contributed by atoms with Gasteiger partial charge in [-0.15, -0.1) is 0 Å². The van der Waals surface area contributed by atoms with Gasteiger partial charge in [0.2, 0.25) is 0 Å². The molecule has 0 spiro atoms. The highest BCUT2D eigenvalue weighted by Gasteiger charge is 2.40. The third-order valence-corrected chi connectivity index (χ3v) is 2.19. The molecule has 0 bridgehead atoms. The van der Waals surface area contributed by atoms with Crippen molar-refractivity contribution in [2.24, 2.45) is 11.8 Å².